The number of hydrogen-bond donors (Lipinski definition) is 1. The second kappa shape index (κ2) is 7.80. The van der Waals surface area contributed by atoms with E-state index in [0.29, 0.717) is 0 Å². The van der Waals surface area contributed by atoms with Crippen molar-refractivity contribution < 1.29 is 9.15 Å². The molecule has 3 aliphatic heterocycles. The van der Waals surface area contributed by atoms with E-state index < -0.39 is 5.72 Å². The predicted molar refractivity (Wildman–Crippen MR) is 128 cm³/mol. The van der Waals surface area contributed by atoms with Crippen molar-refractivity contribution in [1.29, 1.82) is 0 Å². The van der Waals surface area contributed by atoms with E-state index in [0.717, 1.165) is 59.9 Å². The molecule has 3 aliphatic rings. The van der Waals surface area contributed by atoms with Crippen molar-refractivity contribution in [1.82, 2.24) is 15.3 Å². The van der Waals surface area contributed by atoms with E-state index in [1.807, 2.05) is 19.1 Å². The van der Waals surface area contributed by atoms with Crippen molar-refractivity contribution >= 4 is 21.6 Å². The van der Waals surface area contributed by atoms with E-state index in [-0.39, 0.29) is 6.04 Å². The second-order valence-electron chi connectivity index (χ2n) is 8.91. The fourth-order valence-corrected chi connectivity index (χ4v) is 5.49. The molecule has 0 amide bonds. The lowest BCUT2D eigenvalue weighted by Gasteiger charge is -2.51. The summed E-state index contributed by atoms with van der Waals surface area (Å²) in [7, 11) is 0. The summed E-state index contributed by atoms with van der Waals surface area (Å²) < 4.78 is 13.8. The Balaban J connectivity index is 1.29. The number of benzene rings is 2. The molecule has 1 atom stereocenters. The van der Waals surface area contributed by atoms with Crippen LogP contribution < -0.4 is 10.2 Å². The summed E-state index contributed by atoms with van der Waals surface area (Å²) in [6.45, 7) is 4.93. The highest BCUT2D eigenvalue weighted by Crippen LogP contribution is 2.49. The number of piperidine rings is 1. The molecule has 164 valence electrons. The molecule has 0 bridgehead atoms. The quantitative estimate of drug-likeness (QED) is 0.513. The number of halogens is 1. The summed E-state index contributed by atoms with van der Waals surface area (Å²) in [6.07, 6.45) is 4.12. The highest BCUT2D eigenvalue weighted by atomic mass is 79.9. The Labute approximate surface area is 196 Å². The Morgan fingerprint density at radius 2 is 1.88 bits per heavy atom. The molecule has 1 aromatic heterocycles. The molecule has 32 heavy (non-hydrogen) atoms. The highest BCUT2D eigenvalue weighted by molar-refractivity contribution is 9.10. The molecule has 0 aliphatic carbocycles. The number of furan rings is 1. The fourth-order valence-electron chi connectivity index (χ4n) is 5.11. The zero-order chi connectivity index (χ0) is 21.7. The third-order valence-electron chi connectivity index (χ3n) is 6.77. The van der Waals surface area contributed by atoms with Gasteiger partial charge in [0.25, 0.3) is 0 Å². The van der Waals surface area contributed by atoms with Gasteiger partial charge in [-0.1, -0.05) is 46.3 Å². The topological polar surface area (TPSA) is 40.9 Å². The lowest BCUT2D eigenvalue weighted by atomic mass is 9.92. The van der Waals surface area contributed by atoms with Gasteiger partial charge in [-0.15, -0.1) is 0 Å². The van der Waals surface area contributed by atoms with Gasteiger partial charge < -0.3 is 14.6 Å². The molecule has 1 fully saturated rings. The van der Waals surface area contributed by atoms with E-state index in [1.165, 1.54) is 11.1 Å². The van der Waals surface area contributed by atoms with Crippen LogP contribution in [0.4, 0.5) is 0 Å². The van der Waals surface area contributed by atoms with Crippen molar-refractivity contribution in [3.8, 4) is 5.75 Å². The number of hydrogen-bond acceptors (Lipinski definition) is 5. The molecule has 1 spiro atoms. The molecular weight excluding hydrogens is 466 g/mol. The first kappa shape index (κ1) is 20.1. The summed E-state index contributed by atoms with van der Waals surface area (Å²) in [4.78, 5) is 2.52. The molecule has 0 radical (unpaired) electrons. The molecule has 1 saturated heterocycles. The van der Waals surface area contributed by atoms with E-state index >= 15 is 0 Å². The van der Waals surface area contributed by atoms with Gasteiger partial charge in [0.05, 0.1) is 11.7 Å². The first-order valence-corrected chi connectivity index (χ1v) is 12.0. The zero-order valence-electron chi connectivity index (χ0n) is 18.1. The Morgan fingerprint density at radius 1 is 1.06 bits per heavy atom. The van der Waals surface area contributed by atoms with Crippen molar-refractivity contribution in [3.63, 3.8) is 0 Å². The lowest BCUT2D eigenvalue weighted by molar-refractivity contribution is -0.160. The fraction of sp³-hybridized carbons (Fsp3) is 0.308. The summed E-state index contributed by atoms with van der Waals surface area (Å²) in [5.41, 5.74) is 6.79. The number of likely N-dealkylation sites (tertiary alicyclic amines) is 1. The van der Waals surface area contributed by atoms with Gasteiger partial charge in [0.2, 0.25) is 0 Å². The summed E-state index contributed by atoms with van der Waals surface area (Å²) in [5, 5.41) is 2.31. The van der Waals surface area contributed by atoms with Gasteiger partial charge in [-0.25, -0.2) is 0 Å². The van der Waals surface area contributed by atoms with Crippen molar-refractivity contribution in [2.24, 2.45) is 0 Å². The minimum Gasteiger partial charge on any atom is -0.470 e. The molecule has 3 aromatic rings. The molecule has 6 rings (SSSR count). The maximum Gasteiger partial charge on any atom is 0.182 e. The van der Waals surface area contributed by atoms with Crippen LogP contribution >= 0.6 is 15.9 Å². The van der Waals surface area contributed by atoms with Crippen molar-refractivity contribution in [3.05, 3.63) is 93.9 Å². The smallest absolute Gasteiger partial charge is 0.182 e. The highest BCUT2D eigenvalue weighted by Gasteiger charge is 2.51. The Kier molecular flexibility index (Phi) is 4.90. The van der Waals surface area contributed by atoms with Gasteiger partial charge in [-0.3, -0.25) is 4.90 Å². The van der Waals surface area contributed by atoms with Gasteiger partial charge in [-0.2, -0.15) is 5.01 Å². The van der Waals surface area contributed by atoms with Crippen LogP contribution in [0, 0.1) is 6.92 Å². The van der Waals surface area contributed by atoms with Crippen LogP contribution in [-0.4, -0.2) is 28.7 Å². The predicted octanol–water partition coefficient (Wildman–Crippen LogP) is 5.64. The first-order chi connectivity index (χ1) is 15.6. The van der Waals surface area contributed by atoms with Crippen LogP contribution in [0.1, 0.15) is 41.5 Å². The van der Waals surface area contributed by atoms with E-state index in [4.69, 9.17) is 9.15 Å². The van der Waals surface area contributed by atoms with Crippen molar-refractivity contribution in [2.75, 3.05) is 13.1 Å². The number of ether oxygens (including phenoxy) is 1. The van der Waals surface area contributed by atoms with Gasteiger partial charge >= 0.3 is 0 Å². The molecule has 0 unspecified atom stereocenters. The number of rotatable bonds is 3. The average molecular weight is 492 g/mol. The van der Waals surface area contributed by atoms with E-state index in [9.17, 15) is 0 Å². The third-order valence-corrected chi connectivity index (χ3v) is 7.26. The monoisotopic (exact) mass is 491 g/mol. The van der Waals surface area contributed by atoms with Crippen LogP contribution in [0.3, 0.4) is 0 Å². The van der Waals surface area contributed by atoms with Gasteiger partial charge in [0.1, 0.15) is 11.5 Å². The number of hydrazine groups is 1. The number of nitrogens with one attached hydrogen (secondary N) is 1. The average Bonchev–Trinajstić information content (AvgIpc) is 3.44. The Bertz CT molecular complexity index is 1160. The SMILES string of the molecule is Cc1ccc(C2=C[C@H]3c4cc(Br)ccc4OC4(CCN(Cc5ccccc5)CC4)N3N2)o1. The van der Waals surface area contributed by atoms with Crippen LogP contribution in [0.15, 0.2) is 75.6 Å². The maximum absolute atomic E-state index is 6.77. The molecule has 1 N–H and O–H groups in total. The summed E-state index contributed by atoms with van der Waals surface area (Å²) in [6, 6.07) is 21.2. The van der Waals surface area contributed by atoms with Crippen molar-refractivity contribution in [2.45, 2.75) is 38.1 Å². The molecule has 2 aromatic carbocycles. The maximum atomic E-state index is 6.77. The van der Waals surface area contributed by atoms with E-state index in [2.05, 4.69) is 85.9 Å². The summed E-state index contributed by atoms with van der Waals surface area (Å²) in [5.74, 6) is 2.75. The standard InChI is InChI=1S/C26H26BrN3O2/c1-18-7-9-25(31-18)22-16-23-21-15-20(27)8-10-24(21)32-26(30(23)28-22)11-13-29(14-12-26)17-19-5-3-2-4-6-19/h2-10,15-16,23,28H,11-14,17H2,1H3/t23-/m0/s1. The lowest BCUT2D eigenvalue weighted by Crippen LogP contribution is -2.63. The van der Waals surface area contributed by atoms with Gasteiger partial charge in [-0.05, 0) is 48.9 Å². The normalized spacial score (nSPS) is 22.1. The van der Waals surface area contributed by atoms with Crippen LogP contribution in [0.25, 0.3) is 5.70 Å². The van der Waals surface area contributed by atoms with Gasteiger partial charge in [0, 0.05) is 42.5 Å². The van der Waals surface area contributed by atoms with Crippen LogP contribution in [0.2, 0.25) is 0 Å². The zero-order valence-corrected chi connectivity index (χ0v) is 19.6. The minimum atomic E-state index is -0.390. The molecular formula is C26H26BrN3O2. The number of aryl methyl sites for hydroxylation is 1. The van der Waals surface area contributed by atoms with Gasteiger partial charge in [0.15, 0.2) is 11.5 Å². The van der Waals surface area contributed by atoms with Crippen LogP contribution in [-0.2, 0) is 6.54 Å². The molecule has 0 saturated carbocycles. The Hall–Kier alpha value is -2.54. The molecule has 5 nitrogen and oxygen atoms in total. The minimum absolute atomic E-state index is 0.0947. The number of fused-ring (bicyclic) bond motifs is 4. The van der Waals surface area contributed by atoms with Crippen LogP contribution in [0.5, 0.6) is 5.75 Å². The molecule has 6 heteroatoms. The Morgan fingerprint density at radius 3 is 2.62 bits per heavy atom. The second-order valence-corrected chi connectivity index (χ2v) is 9.83. The largest absolute Gasteiger partial charge is 0.470 e. The molecule has 4 heterocycles. The third kappa shape index (κ3) is 3.47. The first-order valence-electron chi connectivity index (χ1n) is 11.2. The summed E-state index contributed by atoms with van der Waals surface area (Å²) >= 11 is 3.64. The number of nitrogens with zero attached hydrogens (tertiary/aromatic N) is 2. The van der Waals surface area contributed by atoms with E-state index in [1.54, 1.807) is 0 Å².